The maximum absolute atomic E-state index is 3.25. The van der Waals surface area contributed by atoms with Crippen molar-refractivity contribution >= 4 is 23.6 Å². The average Bonchev–Trinajstić information content (AvgIpc) is 3.57. The molecule has 0 saturated heterocycles. The average molecular weight is 1060 g/mol. The van der Waals surface area contributed by atoms with Crippen LogP contribution in [0.4, 0.5) is 0 Å². The van der Waals surface area contributed by atoms with E-state index in [9.17, 15) is 0 Å². The summed E-state index contributed by atoms with van der Waals surface area (Å²) < 4.78 is 1.49. The molecular formula is C68H61Cl3SiTi. The summed E-state index contributed by atoms with van der Waals surface area (Å²) in [5, 5.41) is 6.04. The van der Waals surface area contributed by atoms with Gasteiger partial charge in [-0.25, -0.2) is 0 Å². The number of halogens is 3. The largest absolute Gasteiger partial charge is 1.00 e. The summed E-state index contributed by atoms with van der Waals surface area (Å²) >= 11 is 2.40. The van der Waals surface area contributed by atoms with E-state index < -0.39 is 8.07 Å². The molecule has 0 N–H and O–H groups in total. The zero-order valence-corrected chi connectivity index (χ0v) is 46.8. The molecule has 0 bridgehead atoms. The van der Waals surface area contributed by atoms with E-state index in [0.717, 1.165) is 38.5 Å². The van der Waals surface area contributed by atoms with Crippen LogP contribution in [0.25, 0.3) is 0 Å². The van der Waals surface area contributed by atoms with Gasteiger partial charge in [-0.3, -0.25) is 0 Å². The van der Waals surface area contributed by atoms with Crippen LogP contribution in [0.3, 0.4) is 0 Å². The van der Waals surface area contributed by atoms with Crippen LogP contribution >= 0.6 is 0 Å². The topological polar surface area (TPSA) is 0 Å². The van der Waals surface area contributed by atoms with Gasteiger partial charge in [0.05, 0.1) is 0 Å². The van der Waals surface area contributed by atoms with E-state index in [1.54, 1.807) is 5.20 Å². The summed E-state index contributed by atoms with van der Waals surface area (Å²) in [5.41, 5.74) is 19.1. The molecule has 0 heterocycles. The van der Waals surface area contributed by atoms with Crippen LogP contribution in [-0.2, 0) is 59.0 Å². The minimum absolute atomic E-state index is 0. The van der Waals surface area contributed by atoms with Gasteiger partial charge in [0.25, 0.3) is 0 Å². The number of hydrogen-bond acceptors (Lipinski definition) is 0. The Bertz CT molecular complexity index is 2790. The van der Waals surface area contributed by atoms with Gasteiger partial charge in [-0.05, 0) is 0 Å². The molecule has 0 aliphatic heterocycles. The zero-order valence-electron chi connectivity index (χ0n) is 42.0. The van der Waals surface area contributed by atoms with Crippen molar-refractivity contribution in [3.63, 3.8) is 0 Å². The van der Waals surface area contributed by atoms with Gasteiger partial charge in [0.1, 0.15) is 0 Å². The second-order valence-corrected chi connectivity index (χ2v) is 24.2. The normalized spacial score (nSPS) is 13.2. The summed E-state index contributed by atoms with van der Waals surface area (Å²) in [6, 6.07) is 90.1. The van der Waals surface area contributed by atoms with E-state index >= 15 is 0 Å². The fraction of sp³-hybridized carbons (Fsp3) is 0.147. The Morgan fingerprint density at radius 2 is 0.507 bits per heavy atom. The van der Waals surface area contributed by atoms with E-state index in [1.165, 1.54) is 97.3 Å². The van der Waals surface area contributed by atoms with Crippen molar-refractivity contribution in [2.45, 2.75) is 59.3 Å². The second kappa shape index (κ2) is 25.5. The third-order valence-electron chi connectivity index (χ3n) is 14.6. The van der Waals surface area contributed by atoms with Crippen molar-refractivity contribution in [3.8, 4) is 0 Å². The van der Waals surface area contributed by atoms with E-state index in [0.29, 0.717) is 0 Å². The van der Waals surface area contributed by atoms with E-state index in [1.807, 2.05) is 0 Å². The molecule has 9 aromatic carbocycles. The maximum atomic E-state index is 2.66. The Hall–Kier alpha value is -5.74. The van der Waals surface area contributed by atoms with E-state index in [4.69, 9.17) is 0 Å². The number of rotatable bonds is 16. The van der Waals surface area contributed by atoms with Crippen LogP contribution < -0.4 is 52.8 Å². The quantitative estimate of drug-likeness (QED) is 0.0942. The Balaban J connectivity index is 0.00000260. The molecule has 1 atom stereocenters. The molecule has 0 fully saturated rings. The molecule has 362 valence electrons. The first-order valence-corrected chi connectivity index (χ1v) is 27.8. The minimum atomic E-state index is -3.25. The molecule has 9 aromatic rings. The van der Waals surface area contributed by atoms with Crippen LogP contribution in [0, 0.1) is 5.92 Å². The predicted octanol–water partition coefficient (Wildman–Crippen LogP) is 5.04. The maximum Gasteiger partial charge on any atom is -1.00 e. The molecule has 0 spiro atoms. The van der Waals surface area contributed by atoms with Crippen molar-refractivity contribution < 1.29 is 57.7 Å². The van der Waals surface area contributed by atoms with Crippen LogP contribution in [0.5, 0.6) is 0 Å². The smallest absolute Gasteiger partial charge is 1.00 e. The third kappa shape index (κ3) is 12.8. The molecule has 10 rings (SSSR count). The van der Waals surface area contributed by atoms with Crippen molar-refractivity contribution in [1.29, 1.82) is 0 Å². The fourth-order valence-corrected chi connectivity index (χ4v) is 17.9. The Labute approximate surface area is 466 Å². The Morgan fingerprint density at radius 1 is 0.301 bits per heavy atom. The summed E-state index contributed by atoms with van der Waals surface area (Å²) in [4.78, 5) is 0. The van der Waals surface area contributed by atoms with Crippen molar-refractivity contribution in [2.75, 3.05) is 0 Å². The first-order valence-electron chi connectivity index (χ1n) is 25.1. The minimum Gasteiger partial charge on any atom is -1.00 e. The van der Waals surface area contributed by atoms with E-state index in [2.05, 4.69) is 278 Å². The first-order chi connectivity index (χ1) is 34.3. The molecule has 1 aliphatic rings. The number of benzene rings is 9. The standard InChI is InChI=1S/C68H61Si.3ClH.Ti/c1-50-34-51(2)68(52(50)3)69(65-44-59(35-53-22-10-4-11-23-53)41-60(45-65)36-54-24-12-5-13-25-54,66-46-61(37-55-26-14-6-15-27-55)42-62(47-66)38-56-28-16-7-17-29-56)67-48-63(39-57-30-18-8-19-31-57)43-64(49-67)40-58-32-20-9-21-33-58;;;;/h4-33,41-49,51H,35-40H2,1-3H3;3*1H;/q;;;;+3/p-3. The monoisotopic (exact) mass is 1060 g/mol. The van der Waals surface area contributed by atoms with Gasteiger partial charge in [0.15, 0.2) is 0 Å². The molecule has 5 heteroatoms. The van der Waals surface area contributed by atoms with Gasteiger partial charge >= 0.3 is 433 Å². The van der Waals surface area contributed by atoms with Crippen LogP contribution in [0.15, 0.2) is 257 Å². The summed E-state index contributed by atoms with van der Waals surface area (Å²) in [5.74, 6) is 0.257. The van der Waals surface area contributed by atoms with E-state index in [-0.39, 0.29) is 43.1 Å². The molecule has 0 aromatic heterocycles. The molecular weight excluding hydrogens is 999 g/mol. The molecule has 0 nitrogen and oxygen atoms in total. The molecule has 1 aliphatic carbocycles. The van der Waals surface area contributed by atoms with Crippen LogP contribution in [0.2, 0.25) is 0 Å². The van der Waals surface area contributed by atoms with Crippen LogP contribution in [-0.4, -0.2) is 8.07 Å². The molecule has 73 heavy (non-hydrogen) atoms. The fourth-order valence-electron chi connectivity index (χ4n) is 11.3. The SMILES string of the molecule is CC1=[C]([Ti+3])C(C)C([Si](c2cc(Cc3ccccc3)cc(Cc3ccccc3)c2)(c2cc(Cc3ccccc3)cc(Cc3ccccc3)c2)c2cc(Cc3ccccc3)cc(Cc3ccccc3)c2)=C1C.[Cl-].[Cl-].[Cl-]. The molecule has 0 saturated carbocycles. The number of hydrogen-bond donors (Lipinski definition) is 0. The molecule has 0 radical (unpaired) electrons. The van der Waals surface area contributed by atoms with Crippen molar-refractivity contribution in [2.24, 2.45) is 5.92 Å². The first kappa shape index (κ1) is 55.0. The Kier molecular flexibility index (Phi) is 19.2. The van der Waals surface area contributed by atoms with Gasteiger partial charge in [-0.2, -0.15) is 0 Å². The molecule has 0 amide bonds. The van der Waals surface area contributed by atoms with Crippen molar-refractivity contribution in [1.82, 2.24) is 0 Å². The predicted molar refractivity (Wildman–Crippen MR) is 294 cm³/mol. The third-order valence-corrected chi connectivity index (χ3v) is 20.9. The van der Waals surface area contributed by atoms with Crippen molar-refractivity contribution in [3.05, 3.63) is 324 Å². The van der Waals surface area contributed by atoms with Gasteiger partial charge in [-0.1, -0.05) is 0 Å². The van der Waals surface area contributed by atoms with Crippen LogP contribution in [0.1, 0.15) is 87.5 Å². The number of allylic oxidation sites excluding steroid dienone is 4. The summed E-state index contributed by atoms with van der Waals surface area (Å²) in [6.45, 7) is 7.36. The van der Waals surface area contributed by atoms with Gasteiger partial charge in [-0.15, -0.1) is 0 Å². The second-order valence-electron chi connectivity index (χ2n) is 19.6. The van der Waals surface area contributed by atoms with Gasteiger partial charge < -0.3 is 37.2 Å². The summed E-state index contributed by atoms with van der Waals surface area (Å²) in [7, 11) is -3.25. The molecule has 1 unspecified atom stereocenters. The zero-order chi connectivity index (χ0) is 47.9. The summed E-state index contributed by atoms with van der Waals surface area (Å²) in [6.07, 6.45) is 5.20. The van der Waals surface area contributed by atoms with Gasteiger partial charge in [0, 0.05) is 0 Å². The van der Waals surface area contributed by atoms with Gasteiger partial charge in [0.2, 0.25) is 0 Å². The Morgan fingerprint density at radius 3 is 0.685 bits per heavy atom.